The van der Waals surface area contributed by atoms with Crippen molar-refractivity contribution >= 4 is 0 Å². The highest BCUT2D eigenvalue weighted by Gasteiger charge is 2.37. The highest BCUT2D eigenvalue weighted by atomic mass is 16.5. The van der Waals surface area contributed by atoms with Gasteiger partial charge in [0.1, 0.15) is 0 Å². The van der Waals surface area contributed by atoms with Gasteiger partial charge in [-0.15, -0.1) is 0 Å². The van der Waals surface area contributed by atoms with Crippen LogP contribution in [0.25, 0.3) is 0 Å². The minimum atomic E-state index is -0.0264. The molecule has 1 rings (SSSR count). The zero-order valence-corrected chi connectivity index (χ0v) is 10.8. The van der Waals surface area contributed by atoms with E-state index in [1.54, 1.807) is 0 Å². The molecule has 0 aromatic carbocycles. The quantitative estimate of drug-likeness (QED) is 0.779. The van der Waals surface area contributed by atoms with Crippen molar-refractivity contribution in [3.63, 3.8) is 0 Å². The molecule has 1 fully saturated rings. The Labute approximate surface area is 94.6 Å². The predicted octanol–water partition coefficient (Wildman–Crippen LogP) is 2.96. The van der Waals surface area contributed by atoms with Crippen molar-refractivity contribution < 1.29 is 4.74 Å². The van der Waals surface area contributed by atoms with Crippen molar-refractivity contribution in [2.24, 2.45) is 17.6 Å². The second kappa shape index (κ2) is 5.31. The first kappa shape index (κ1) is 13.0. The molecule has 15 heavy (non-hydrogen) atoms. The van der Waals surface area contributed by atoms with E-state index in [1.165, 1.54) is 12.8 Å². The summed E-state index contributed by atoms with van der Waals surface area (Å²) in [5.74, 6) is 1.55. The Hall–Kier alpha value is -0.0800. The lowest BCUT2D eigenvalue weighted by atomic mass is 9.73. The van der Waals surface area contributed by atoms with E-state index < -0.39 is 0 Å². The number of rotatable bonds is 4. The Morgan fingerprint density at radius 3 is 2.47 bits per heavy atom. The molecular weight excluding hydrogens is 186 g/mol. The fourth-order valence-corrected chi connectivity index (χ4v) is 2.78. The monoisotopic (exact) mass is 213 g/mol. The van der Waals surface area contributed by atoms with Crippen LogP contribution >= 0.6 is 0 Å². The normalized spacial score (nSPS) is 32.6. The zero-order valence-electron chi connectivity index (χ0n) is 10.8. The Kier molecular flexibility index (Phi) is 4.60. The molecule has 0 radical (unpaired) electrons. The molecule has 0 aromatic rings. The molecule has 0 amide bonds. The number of nitrogens with two attached hydrogens (primary N) is 1. The van der Waals surface area contributed by atoms with Crippen molar-refractivity contribution in [2.45, 2.75) is 65.1 Å². The first-order valence-electron chi connectivity index (χ1n) is 6.37. The molecule has 2 nitrogen and oxygen atoms in total. The van der Waals surface area contributed by atoms with E-state index in [2.05, 4.69) is 27.7 Å². The molecule has 2 unspecified atom stereocenters. The van der Waals surface area contributed by atoms with E-state index in [4.69, 9.17) is 10.5 Å². The third-order valence-corrected chi connectivity index (χ3v) is 3.64. The number of hydrogen-bond acceptors (Lipinski definition) is 2. The summed E-state index contributed by atoms with van der Waals surface area (Å²) < 4.78 is 6.08. The molecule has 0 aliphatic heterocycles. The minimum absolute atomic E-state index is 0.0264. The molecular formula is C13H27NO. The van der Waals surface area contributed by atoms with Crippen LogP contribution in [0.5, 0.6) is 0 Å². The summed E-state index contributed by atoms with van der Waals surface area (Å²) in [5, 5.41) is 0. The van der Waals surface area contributed by atoms with Gasteiger partial charge in [-0.05, 0) is 44.9 Å². The fourth-order valence-electron chi connectivity index (χ4n) is 2.78. The number of hydrogen-bond donors (Lipinski definition) is 1. The third kappa shape index (κ3) is 3.46. The summed E-state index contributed by atoms with van der Waals surface area (Å²) in [6.45, 7) is 9.51. The lowest BCUT2D eigenvalue weighted by Crippen LogP contribution is -2.47. The van der Waals surface area contributed by atoms with Crippen molar-refractivity contribution in [1.29, 1.82) is 0 Å². The van der Waals surface area contributed by atoms with Gasteiger partial charge in [-0.2, -0.15) is 0 Å². The van der Waals surface area contributed by atoms with Crippen LogP contribution in [0.15, 0.2) is 0 Å². The Bertz CT molecular complexity index is 191. The van der Waals surface area contributed by atoms with Crippen LogP contribution in [-0.4, -0.2) is 18.2 Å². The van der Waals surface area contributed by atoms with Gasteiger partial charge in [0.15, 0.2) is 0 Å². The van der Waals surface area contributed by atoms with Crippen LogP contribution in [0.3, 0.4) is 0 Å². The zero-order chi connectivity index (χ0) is 11.5. The van der Waals surface area contributed by atoms with Crippen molar-refractivity contribution in [1.82, 2.24) is 0 Å². The maximum atomic E-state index is 6.08. The number of ether oxygens (including phenoxy) is 1. The first-order valence-corrected chi connectivity index (χ1v) is 6.37. The Morgan fingerprint density at radius 2 is 2.00 bits per heavy atom. The van der Waals surface area contributed by atoms with Crippen molar-refractivity contribution in [3.05, 3.63) is 0 Å². The van der Waals surface area contributed by atoms with E-state index in [0.29, 0.717) is 12.6 Å². The predicted molar refractivity (Wildman–Crippen MR) is 64.8 cm³/mol. The van der Waals surface area contributed by atoms with E-state index in [0.717, 1.165) is 24.7 Å². The standard InChI is InChI=1S/C13H27NO/c1-10(2)12-6-5-7-13(8-12,9-14)15-11(3)4/h10-12H,5-9,14H2,1-4H3. The lowest BCUT2D eigenvalue weighted by molar-refractivity contribution is -0.109. The van der Waals surface area contributed by atoms with Gasteiger partial charge in [0.05, 0.1) is 11.7 Å². The van der Waals surface area contributed by atoms with Crippen LogP contribution in [0.4, 0.5) is 0 Å². The second-order valence-electron chi connectivity index (χ2n) is 5.65. The maximum Gasteiger partial charge on any atom is 0.0810 e. The van der Waals surface area contributed by atoms with Gasteiger partial charge in [0, 0.05) is 6.54 Å². The van der Waals surface area contributed by atoms with Gasteiger partial charge in [-0.3, -0.25) is 0 Å². The van der Waals surface area contributed by atoms with E-state index in [-0.39, 0.29) is 5.60 Å². The topological polar surface area (TPSA) is 35.2 Å². The van der Waals surface area contributed by atoms with E-state index in [9.17, 15) is 0 Å². The molecule has 0 spiro atoms. The minimum Gasteiger partial charge on any atom is -0.371 e. The summed E-state index contributed by atoms with van der Waals surface area (Å²) in [5.41, 5.74) is 5.90. The fraction of sp³-hybridized carbons (Fsp3) is 1.00. The molecule has 90 valence electrons. The van der Waals surface area contributed by atoms with Crippen LogP contribution in [0, 0.1) is 11.8 Å². The average molecular weight is 213 g/mol. The molecule has 0 bridgehead atoms. The molecule has 1 saturated carbocycles. The molecule has 2 heteroatoms. The average Bonchev–Trinajstić information content (AvgIpc) is 2.17. The Balaban J connectivity index is 2.63. The highest BCUT2D eigenvalue weighted by molar-refractivity contribution is 4.90. The summed E-state index contributed by atoms with van der Waals surface area (Å²) in [4.78, 5) is 0. The maximum absolute atomic E-state index is 6.08. The van der Waals surface area contributed by atoms with E-state index in [1.807, 2.05) is 0 Å². The summed E-state index contributed by atoms with van der Waals surface area (Å²) in [6, 6.07) is 0. The molecule has 0 aromatic heterocycles. The molecule has 1 aliphatic carbocycles. The Morgan fingerprint density at radius 1 is 1.33 bits per heavy atom. The smallest absolute Gasteiger partial charge is 0.0810 e. The van der Waals surface area contributed by atoms with Gasteiger partial charge in [-0.25, -0.2) is 0 Å². The molecule has 1 aliphatic rings. The van der Waals surface area contributed by atoms with Gasteiger partial charge in [-0.1, -0.05) is 20.3 Å². The second-order valence-corrected chi connectivity index (χ2v) is 5.65. The van der Waals surface area contributed by atoms with Gasteiger partial charge < -0.3 is 10.5 Å². The first-order chi connectivity index (χ1) is 6.99. The van der Waals surface area contributed by atoms with Crippen LogP contribution in [-0.2, 0) is 4.74 Å². The summed E-state index contributed by atoms with van der Waals surface area (Å²) in [7, 11) is 0. The van der Waals surface area contributed by atoms with Gasteiger partial charge in [0.25, 0.3) is 0 Å². The molecule has 0 saturated heterocycles. The van der Waals surface area contributed by atoms with E-state index >= 15 is 0 Å². The van der Waals surface area contributed by atoms with Crippen LogP contribution < -0.4 is 5.73 Å². The van der Waals surface area contributed by atoms with Crippen molar-refractivity contribution in [2.75, 3.05) is 6.54 Å². The van der Waals surface area contributed by atoms with Crippen LogP contribution in [0.2, 0.25) is 0 Å². The largest absolute Gasteiger partial charge is 0.371 e. The van der Waals surface area contributed by atoms with Crippen molar-refractivity contribution in [3.8, 4) is 0 Å². The molecule has 2 atom stereocenters. The van der Waals surface area contributed by atoms with Crippen LogP contribution in [0.1, 0.15) is 53.4 Å². The molecule has 2 N–H and O–H groups in total. The SMILES string of the molecule is CC(C)OC1(CN)CCCC(C(C)C)C1. The third-order valence-electron chi connectivity index (χ3n) is 3.64. The van der Waals surface area contributed by atoms with Gasteiger partial charge >= 0.3 is 0 Å². The lowest BCUT2D eigenvalue weighted by Gasteiger charge is -2.42. The van der Waals surface area contributed by atoms with Gasteiger partial charge in [0.2, 0.25) is 0 Å². The summed E-state index contributed by atoms with van der Waals surface area (Å²) >= 11 is 0. The highest BCUT2D eigenvalue weighted by Crippen LogP contribution is 2.38. The summed E-state index contributed by atoms with van der Waals surface area (Å²) in [6.07, 6.45) is 5.21. The molecule has 0 heterocycles.